The predicted molar refractivity (Wildman–Crippen MR) is 94.1 cm³/mol. The highest BCUT2D eigenvalue weighted by Crippen LogP contribution is 2.58. The molecule has 1 aliphatic heterocycles. The van der Waals surface area contributed by atoms with Crippen LogP contribution in [0.25, 0.3) is 0 Å². The van der Waals surface area contributed by atoms with Gasteiger partial charge in [0.2, 0.25) is 5.91 Å². The smallest absolute Gasteiger partial charge is 0.224 e. The zero-order chi connectivity index (χ0) is 15.8. The molecule has 1 aliphatic carbocycles. The molecule has 2 fully saturated rings. The normalized spacial score (nSPS) is 22.1. The van der Waals surface area contributed by atoms with E-state index in [1.165, 1.54) is 0 Å². The summed E-state index contributed by atoms with van der Waals surface area (Å²) in [4.78, 5) is 12.7. The number of hydrogen-bond donors (Lipinski definition) is 2. The van der Waals surface area contributed by atoms with Crippen molar-refractivity contribution in [1.29, 1.82) is 0 Å². The van der Waals surface area contributed by atoms with Crippen molar-refractivity contribution in [3.8, 4) is 5.75 Å². The van der Waals surface area contributed by atoms with Crippen LogP contribution in [0.1, 0.15) is 38.7 Å². The van der Waals surface area contributed by atoms with Crippen LogP contribution < -0.4 is 15.4 Å². The molecule has 0 aromatic heterocycles. The first-order chi connectivity index (χ1) is 10.5. The molecule has 1 saturated carbocycles. The first-order valence-corrected chi connectivity index (χ1v) is 8.15. The van der Waals surface area contributed by atoms with Gasteiger partial charge in [0, 0.05) is 11.5 Å². The minimum Gasteiger partial charge on any atom is -0.496 e. The Balaban J connectivity index is 0.00000192. The summed E-state index contributed by atoms with van der Waals surface area (Å²) in [7, 11) is 1.67. The third kappa shape index (κ3) is 3.48. The minimum absolute atomic E-state index is 0. The number of benzene rings is 1. The number of halogens is 1. The molecule has 1 atom stereocenters. The van der Waals surface area contributed by atoms with Gasteiger partial charge in [-0.3, -0.25) is 4.79 Å². The van der Waals surface area contributed by atoms with E-state index in [0.717, 1.165) is 43.7 Å². The van der Waals surface area contributed by atoms with Crippen molar-refractivity contribution >= 4 is 18.3 Å². The molecule has 4 nitrogen and oxygen atoms in total. The van der Waals surface area contributed by atoms with Crippen molar-refractivity contribution in [2.75, 3.05) is 20.2 Å². The molecule has 1 spiro atoms. The average molecular weight is 339 g/mol. The second-order valence-corrected chi connectivity index (χ2v) is 7.18. The van der Waals surface area contributed by atoms with Crippen molar-refractivity contribution in [2.45, 2.75) is 38.6 Å². The van der Waals surface area contributed by atoms with Gasteiger partial charge >= 0.3 is 0 Å². The van der Waals surface area contributed by atoms with E-state index in [4.69, 9.17) is 4.74 Å². The van der Waals surface area contributed by atoms with Crippen molar-refractivity contribution in [3.05, 3.63) is 29.8 Å². The van der Waals surface area contributed by atoms with Crippen LogP contribution in [0.15, 0.2) is 24.3 Å². The third-order valence-corrected chi connectivity index (χ3v) is 5.32. The molecule has 1 aromatic rings. The number of hydrogen-bond acceptors (Lipinski definition) is 3. The highest BCUT2D eigenvalue weighted by atomic mass is 35.5. The Morgan fingerprint density at radius 2 is 1.96 bits per heavy atom. The van der Waals surface area contributed by atoms with Gasteiger partial charge in [-0.15, -0.1) is 12.4 Å². The number of piperidine rings is 1. The van der Waals surface area contributed by atoms with Gasteiger partial charge in [0.15, 0.2) is 0 Å². The molecular formula is C18H27ClN2O2. The lowest BCUT2D eigenvalue weighted by atomic mass is 9.90. The first kappa shape index (κ1) is 18.1. The van der Waals surface area contributed by atoms with E-state index in [-0.39, 0.29) is 29.6 Å². The van der Waals surface area contributed by atoms with Crippen LogP contribution in [0, 0.1) is 11.3 Å². The van der Waals surface area contributed by atoms with E-state index >= 15 is 0 Å². The van der Waals surface area contributed by atoms with Gasteiger partial charge in [-0.25, -0.2) is 0 Å². The van der Waals surface area contributed by atoms with Gasteiger partial charge in [-0.2, -0.15) is 0 Å². The maximum absolute atomic E-state index is 12.7. The number of amides is 1. The standard InChI is InChI=1S/C18H26N2O2.ClH/c1-17(2,13-6-4-5-7-15(13)22-3)20-16(21)14-12-18(14)8-10-19-11-9-18;/h4-7,14,19H,8-12H2,1-3H3,(H,20,21);1H. The molecule has 23 heavy (non-hydrogen) atoms. The maximum Gasteiger partial charge on any atom is 0.224 e. The van der Waals surface area contributed by atoms with Gasteiger partial charge in [0.25, 0.3) is 0 Å². The molecule has 128 valence electrons. The molecule has 1 aromatic carbocycles. The topological polar surface area (TPSA) is 50.4 Å². The summed E-state index contributed by atoms with van der Waals surface area (Å²) in [5.41, 5.74) is 0.859. The lowest BCUT2D eigenvalue weighted by Crippen LogP contribution is -2.43. The van der Waals surface area contributed by atoms with E-state index in [2.05, 4.69) is 10.6 Å². The Morgan fingerprint density at radius 3 is 2.61 bits per heavy atom. The van der Waals surface area contributed by atoms with Crippen LogP contribution in [0.3, 0.4) is 0 Å². The number of para-hydroxylation sites is 1. The largest absolute Gasteiger partial charge is 0.496 e. The molecular weight excluding hydrogens is 312 g/mol. The van der Waals surface area contributed by atoms with E-state index in [1.807, 2.05) is 38.1 Å². The van der Waals surface area contributed by atoms with Crippen LogP contribution in [-0.2, 0) is 10.3 Å². The zero-order valence-corrected chi connectivity index (χ0v) is 15.0. The monoisotopic (exact) mass is 338 g/mol. The molecule has 1 unspecified atom stereocenters. The van der Waals surface area contributed by atoms with Crippen molar-refractivity contribution in [3.63, 3.8) is 0 Å². The van der Waals surface area contributed by atoms with Gasteiger partial charge in [0.1, 0.15) is 5.75 Å². The van der Waals surface area contributed by atoms with Gasteiger partial charge < -0.3 is 15.4 Å². The van der Waals surface area contributed by atoms with E-state index in [1.54, 1.807) is 7.11 Å². The van der Waals surface area contributed by atoms with Crippen LogP contribution in [0.2, 0.25) is 0 Å². The number of nitrogens with one attached hydrogen (secondary N) is 2. The van der Waals surface area contributed by atoms with Crippen molar-refractivity contribution < 1.29 is 9.53 Å². The molecule has 1 heterocycles. The number of methoxy groups -OCH3 is 1. The fourth-order valence-electron chi connectivity index (χ4n) is 3.82. The van der Waals surface area contributed by atoms with Crippen molar-refractivity contribution in [1.82, 2.24) is 10.6 Å². The van der Waals surface area contributed by atoms with E-state index in [9.17, 15) is 4.79 Å². The molecule has 3 rings (SSSR count). The fourth-order valence-corrected chi connectivity index (χ4v) is 3.82. The molecule has 5 heteroatoms. The van der Waals surface area contributed by atoms with E-state index < -0.39 is 5.54 Å². The Morgan fingerprint density at radius 1 is 1.30 bits per heavy atom. The molecule has 0 bridgehead atoms. The average Bonchev–Trinajstić information content (AvgIpc) is 3.21. The Bertz CT molecular complexity index is 568. The molecule has 2 N–H and O–H groups in total. The summed E-state index contributed by atoms with van der Waals surface area (Å²) in [5.74, 6) is 1.20. The van der Waals surface area contributed by atoms with Crippen molar-refractivity contribution in [2.24, 2.45) is 11.3 Å². The maximum atomic E-state index is 12.7. The fraction of sp³-hybridized carbons (Fsp3) is 0.611. The van der Waals surface area contributed by atoms with Crippen LogP contribution >= 0.6 is 12.4 Å². The van der Waals surface area contributed by atoms with Crippen LogP contribution in [0.5, 0.6) is 5.75 Å². The summed E-state index contributed by atoms with van der Waals surface area (Å²) < 4.78 is 5.44. The Kier molecular flexibility index (Phi) is 5.27. The van der Waals surface area contributed by atoms with Crippen LogP contribution in [-0.4, -0.2) is 26.1 Å². The first-order valence-electron chi connectivity index (χ1n) is 8.15. The van der Waals surface area contributed by atoms with Gasteiger partial charge in [-0.05, 0) is 57.7 Å². The number of carbonyl (C=O) groups excluding carboxylic acids is 1. The number of carbonyl (C=O) groups is 1. The summed E-state index contributed by atoms with van der Waals surface area (Å²) in [6.07, 6.45) is 3.29. The number of ether oxygens (including phenoxy) is 1. The number of rotatable bonds is 4. The molecule has 1 saturated heterocycles. The lowest BCUT2D eigenvalue weighted by molar-refractivity contribution is -0.125. The predicted octanol–water partition coefficient (Wildman–Crippen LogP) is 2.86. The van der Waals surface area contributed by atoms with Crippen LogP contribution in [0.4, 0.5) is 0 Å². The Labute approximate surface area is 144 Å². The van der Waals surface area contributed by atoms with Gasteiger partial charge in [0.05, 0.1) is 12.6 Å². The SMILES string of the molecule is COc1ccccc1C(C)(C)NC(=O)C1CC12CCNCC2.Cl. The molecule has 0 radical (unpaired) electrons. The van der Waals surface area contributed by atoms with Gasteiger partial charge in [-0.1, -0.05) is 18.2 Å². The lowest BCUT2D eigenvalue weighted by Gasteiger charge is -2.30. The minimum atomic E-state index is -0.430. The molecule has 2 aliphatic rings. The highest BCUT2D eigenvalue weighted by Gasteiger charge is 2.58. The highest BCUT2D eigenvalue weighted by molar-refractivity contribution is 5.85. The zero-order valence-electron chi connectivity index (χ0n) is 14.1. The quantitative estimate of drug-likeness (QED) is 0.887. The second kappa shape index (κ2) is 6.70. The summed E-state index contributed by atoms with van der Waals surface area (Å²) in [5, 5.41) is 6.62. The Hall–Kier alpha value is -1.26. The second-order valence-electron chi connectivity index (χ2n) is 7.18. The summed E-state index contributed by atoms with van der Waals surface area (Å²) in [6.45, 7) is 6.17. The summed E-state index contributed by atoms with van der Waals surface area (Å²) >= 11 is 0. The molecule has 1 amide bonds. The third-order valence-electron chi connectivity index (χ3n) is 5.32. The summed E-state index contributed by atoms with van der Waals surface area (Å²) in [6, 6.07) is 7.89. The van der Waals surface area contributed by atoms with E-state index in [0.29, 0.717) is 0 Å².